The number of rotatable bonds is 4. The smallest absolute Gasteiger partial charge is 0.239 e. The van der Waals surface area contributed by atoms with E-state index in [4.69, 9.17) is 0 Å². The molecule has 0 aromatic rings. The first-order valence-corrected chi connectivity index (χ1v) is 4.17. The molecular weight excluding hydrogens is 148 g/mol. The van der Waals surface area contributed by atoms with Crippen LogP contribution < -0.4 is 5.32 Å². The zero-order valence-corrected chi connectivity index (χ0v) is 6.87. The second kappa shape index (κ2) is 3.48. The number of nitrogens with one attached hydrogen (secondary N) is 1. The van der Waals surface area contributed by atoms with E-state index in [1.807, 2.05) is 6.92 Å². The summed E-state index contributed by atoms with van der Waals surface area (Å²) in [5.41, 5.74) is -0.0666. The molecule has 0 bridgehead atoms. The molecule has 66 valence electrons. The number of hydrogen-bond donors (Lipinski definition) is 1. The molecule has 1 fully saturated rings. The van der Waals surface area contributed by atoms with E-state index in [9.17, 15) is 8.78 Å². The van der Waals surface area contributed by atoms with E-state index in [-0.39, 0.29) is 11.8 Å². The summed E-state index contributed by atoms with van der Waals surface area (Å²) >= 11 is 0. The van der Waals surface area contributed by atoms with Gasteiger partial charge >= 0.3 is 0 Å². The molecule has 1 rings (SSSR count). The Labute approximate surface area is 66.2 Å². The van der Waals surface area contributed by atoms with Gasteiger partial charge in [-0.15, -0.1) is 0 Å². The Morgan fingerprint density at radius 3 is 2.36 bits per heavy atom. The molecule has 3 heteroatoms. The molecule has 0 radical (unpaired) electrons. The highest BCUT2D eigenvalue weighted by Gasteiger charge is 2.38. The minimum absolute atomic E-state index is 0.0666. The van der Waals surface area contributed by atoms with Gasteiger partial charge in [-0.3, -0.25) is 0 Å². The van der Waals surface area contributed by atoms with E-state index >= 15 is 0 Å². The van der Waals surface area contributed by atoms with Gasteiger partial charge in [0.25, 0.3) is 0 Å². The molecule has 0 spiro atoms. The summed E-state index contributed by atoms with van der Waals surface area (Å²) < 4.78 is 24.1. The van der Waals surface area contributed by atoms with Crippen LogP contribution in [0.1, 0.15) is 26.2 Å². The Morgan fingerprint density at radius 2 is 2.09 bits per heavy atom. The molecule has 1 saturated heterocycles. The average molecular weight is 163 g/mol. The van der Waals surface area contributed by atoms with Gasteiger partial charge in [0.15, 0.2) is 0 Å². The van der Waals surface area contributed by atoms with Crippen molar-refractivity contribution in [2.75, 3.05) is 13.1 Å². The van der Waals surface area contributed by atoms with Crippen LogP contribution in [0.5, 0.6) is 0 Å². The first-order valence-electron chi connectivity index (χ1n) is 4.17. The quantitative estimate of drug-likeness (QED) is 0.668. The highest BCUT2D eigenvalue weighted by molar-refractivity contribution is 4.92. The van der Waals surface area contributed by atoms with Crippen molar-refractivity contribution in [1.29, 1.82) is 0 Å². The van der Waals surface area contributed by atoms with Gasteiger partial charge in [-0.25, -0.2) is 8.78 Å². The fourth-order valence-corrected chi connectivity index (χ4v) is 1.76. The van der Waals surface area contributed by atoms with Crippen molar-refractivity contribution < 1.29 is 8.78 Å². The van der Waals surface area contributed by atoms with Crippen LogP contribution in [0.4, 0.5) is 8.78 Å². The lowest BCUT2D eigenvalue weighted by molar-refractivity contribution is 0.0331. The normalized spacial score (nSPS) is 21.8. The lowest BCUT2D eigenvalue weighted by atomic mass is 9.75. The largest absolute Gasteiger partial charge is 0.316 e. The van der Waals surface area contributed by atoms with Crippen LogP contribution in [0.25, 0.3) is 0 Å². The van der Waals surface area contributed by atoms with Crippen LogP contribution in [0.15, 0.2) is 0 Å². The van der Waals surface area contributed by atoms with Crippen LogP contribution in [0.2, 0.25) is 0 Å². The standard InChI is InChI=1S/C8H15F2N/c1-2-3-8(4-7(9)10)5-11-6-8/h7,11H,2-6H2,1H3. The molecule has 11 heavy (non-hydrogen) atoms. The molecule has 0 aromatic heterocycles. The average Bonchev–Trinajstić information content (AvgIpc) is 1.82. The van der Waals surface area contributed by atoms with Crippen molar-refractivity contribution in [3.63, 3.8) is 0 Å². The minimum Gasteiger partial charge on any atom is -0.316 e. The zero-order chi connectivity index (χ0) is 8.32. The second-order valence-corrected chi connectivity index (χ2v) is 3.45. The maximum Gasteiger partial charge on any atom is 0.239 e. The Kier molecular flexibility index (Phi) is 2.82. The van der Waals surface area contributed by atoms with Crippen molar-refractivity contribution in [2.45, 2.75) is 32.6 Å². The molecule has 0 atom stereocenters. The highest BCUT2D eigenvalue weighted by atomic mass is 19.3. The van der Waals surface area contributed by atoms with Crippen LogP contribution in [0.3, 0.4) is 0 Å². The topological polar surface area (TPSA) is 12.0 Å². The molecule has 0 saturated carbocycles. The van der Waals surface area contributed by atoms with Crippen LogP contribution in [-0.4, -0.2) is 19.5 Å². The van der Waals surface area contributed by atoms with Gasteiger partial charge in [0.1, 0.15) is 0 Å². The molecule has 0 aliphatic carbocycles. The molecular formula is C8H15F2N. The summed E-state index contributed by atoms with van der Waals surface area (Å²) in [7, 11) is 0. The second-order valence-electron chi connectivity index (χ2n) is 3.45. The maximum atomic E-state index is 12.0. The van der Waals surface area contributed by atoms with E-state index in [0.29, 0.717) is 0 Å². The third kappa shape index (κ3) is 2.12. The van der Waals surface area contributed by atoms with E-state index in [2.05, 4.69) is 5.32 Å². The van der Waals surface area contributed by atoms with E-state index < -0.39 is 6.43 Å². The third-order valence-corrected chi connectivity index (χ3v) is 2.37. The molecule has 0 aromatic carbocycles. The van der Waals surface area contributed by atoms with Crippen molar-refractivity contribution in [3.8, 4) is 0 Å². The Balaban J connectivity index is 2.33. The number of halogens is 2. The minimum atomic E-state index is -2.14. The fraction of sp³-hybridized carbons (Fsp3) is 1.00. The fourth-order valence-electron chi connectivity index (χ4n) is 1.76. The predicted molar refractivity (Wildman–Crippen MR) is 40.8 cm³/mol. The van der Waals surface area contributed by atoms with Gasteiger partial charge < -0.3 is 5.32 Å². The van der Waals surface area contributed by atoms with Crippen molar-refractivity contribution in [3.05, 3.63) is 0 Å². The summed E-state index contributed by atoms with van der Waals surface area (Å²) in [6.45, 7) is 3.61. The highest BCUT2D eigenvalue weighted by Crippen LogP contribution is 2.34. The van der Waals surface area contributed by atoms with E-state index in [0.717, 1.165) is 25.9 Å². The molecule has 1 heterocycles. The maximum absolute atomic E-state index is 12.0. The summed E-state index contributed by atoms with van der Waals surface area (Å²) in [4.78, 5) is 0. The van der Waals surface area contributed by atoms with E-state index in [1.54, 1.807) is 0 Å². The lowest BCUT2D eigenvalue weighted by Crippen LogP contribution is -2.54. The van der Waals surface area contributed by atoms with Crippen molar-refractivity contribution in [1.82, 2.24) is 5.32 Å². The number of alkyl halides is 2. The third-order valence-electron chi connectivity index (χ3n) is 2.37. The molecule has 1 nitrogen and oxygen atoms in total. The van der Waals surface area contributed by atoms with Crippen LogP contribution >= 0.6 is 0 Å². The summed E-state index contributed by atoms with van der Waals surface area (Å²) in [6, 6.07) is 0. The predicted octanol–water partition coefficient (Wildman–Crippen LogP) is 2.03. The lowest BCUT2D eigenvalue weighted by Gasteiger charge is -2.42. The molecule has 1 aliphatic rings. The molecule has 1 N–H and O–H groups in total. The van der Waals surface area contributed by atoms with Gasteiger partial charge in [0.05, 0.1) is 0 Å². The Hall–Kier alpha value is -0.180. The SMILES string of the molecule is CCCC1(CC(F)F)CNC1. The first kappa shape index (κ1) is 8.91. The Morgan fingerprint density at radius 1 is 1.45 bits per heavy atom. The monoisotopic (exact) mass is 163 g/mol. The van der Waals surface area contributed by atoms with Gasteiger partial charge in [-0.05, 0) is 6.42 Å². The van der Waals surface area contributed by atoms with Crippen molar-refractivity contribution >= 4 is 0 Å². The zero-order valence-electron chi connectivity index (χ0n) is 6.87. The summed E-state index contributed by atoms with van der Waals surface area (Å²) in [5, 5.41) is 3.06. The van der Waals surface area contributed by atoms with Crippen LogP contribution in [0, 0.1) is 5.41 Å². The number of hydrogen-bond acceptors (Lipinski definition) is 1. The Bertz CT molecular complexity index is 121. The summed E-state index contributed by atoms with van der Waals surface area (Å²) in [5.74, 6) is 0. The summed E-state index contributed by atoms with van der Waals surface area (Å²) in [6.07, 6.45) is -0.115. The van der Waals surface area contributed by atoms with Crippen molar-refractivity contribution in [2.24, 2.45) is 5.41 Å². The first-order chi connectivity index (χ1) is 5.18. The van der Waals surface area contributed by atoms with Crippen LogP contribution in [-0.2, 0) is 0 Å². The van der Waals surface area contributed by atoms with E-state index in [1.165, 1.54) is 0 Å². The van der Waals surface area contributed by atoms with Gasteiger partial charge in [-0.2, -0.15) is 0 Å². The molecule has 0 unspecified atom stereocenters. The molecule has 0 amide bonds. The molecule has 1 aliphatic heterocycles. The van der Waals surface area contributed by atoms with Gasteiger partial charge in [0, 0.05) is 24.9 Å². The van der Waals surface area contributed by atoms with Gasteiger partial charge in [0.2, 0.25) is 6.43 Å². The van der Waals surface area contributed by atoms with Gasteiger partial charge in [-0.1, -0.05) is 13.3 Å².